The molecule has 198 valence electrons. The fraction of sp³-hybridized carbons (Fsp3) is 0.481. The van der Waals surface area contributed by atoms with Crippen molar-refractivity contribution >= 4 is 27.5 Å². The van der Waals surface area contributed by atoms with Gasteiger partial charge in [-0.05, 0) is 51.3 Å². The first-order valence-electron chi connectivity index (χ1n) is 12.2. The van der Waals surface area contributed by atoms with E-state index >= 15 is 0 Å². The van der Waals surface area contributed by atoms with Gasteiger partial charge in [0.2, 0.25) is 21.8 Å². The summed E-state index contributed by atoms with van der Waals surface area (Å²) in [5.41, 5.74) is 2.51. The van der Waals surface area contributed by atoms with Crippen molar-refractivity contribution in [2.75, 3.05) is 24.2 Å². The molecule has 8 nitrogen and oxygen atoms in total. The summed E-state index contributed by atoms with van der Waals surface area (Å²) < 4.78 is 31.4. The lowest BCUT2D eigenvalue weighted by molar-refractivity contribution is -0.140. The van der Waals surface area contributed by atoms with Gasteiger partial charge in [0.1, 0.15) is 11.8 Å². The predicted molar refractivity (Wildman–Crippen MR) is 144 cm³/mol. The van der Waals surface area contributed by atoms with E-state index < -0.39 is 16.1 Å². The van der Waals surface area contributed by atoms with Crippen molar-refractivity contribution in [2.24, 2.45) is 0 Å². The lowest BCUT2D eigenvalue weighted by atomic mass is 10.1. The van der Waals surface area contributed by atoms with Crippen molar-refractivity contribution in [3.8, 4) is 5.75 Å². The summed E-state index contributed by atoms with van der Waals surface area (Å²) in [6, 6.07) is 14.0. The molecular formula is C27H39N3O5S. The van der Waals surface area contributed by atoms with Crippen LogP contribution in [0.1, 0.15) is 51.2 Å². The molecule has 0 saturated carbocycles. The molecule has 1 N–H and O–H groups in total. The van der Waals surface area contributed by atoms with Gasteiger partial charge in [0.25, 0.3) is 0 Å². The Labute approximate surface area is 215 Å². The van der Waals surface area contributed by atoms with Crippen LogP contribution >= 0.6 is 0 Å². The van der Waals surface area contributed by atoms with Crippen LogP contribution in [0, 0.1) is 6.92 Å². The van der Waals surface area contributed by atoms with Crippen LogP contribution in [0.5, 0.6) is 5.75 Å². The molecule has 0 fully saturated rings. The Morgan fingerprint density at radius 3 is 2.33 bits per heavy atom. The predicted octanol–water partition coefficient (Wildman–Crippen LogP) is 3.88. The highest BCUT2D eigenvalue weighted by Crippen LogP contribution is 2.24. The number of methoxy groups -OCH3 is 1. The summed E-state index contributed by atoms with van der Waals surface area (Å²) in [5, 5.41) is 2.95. The van der Waals surface area contributed by atoms with Crippen molar-refractivity contribution in [1.29, 1.82) is 0 Å². The van der Waals surface area contributed by atoms with E-state index in [1.54, 1.807) is 36.1 Å². The molecule has 0 aliphatic heterocycles. The Morgan fingerprint density at radius 1 is 1.08 bits per heavy atom. The summed E-state index contributed by atoms with van der Waals surface area (Å²) in [6.07, 6.45) is 2.32. The quantitative estimate of drug-likeness (QED) is 0.435. The second-order valence-corrected chi connectivity index (χ2v) is 11.0. The van der Waals surface area contributed by atoms with Crippen LogP contribution in [0.4, 0.5) is 5.69 Å². The molecule has 2 rings (SSSR count). The number of rotatable bonds is 13. The van der Waals surface area contributed by atoms with Crippen molar-refractivity contribution in [1.82, 2.24) is 10.2 Å². The first-order valence-corrected chi connectivity index (χ1v) is 14.1. The molecule has 2 aromatic carbocycles. The molecule has 0 aromatic heterocycles. The number of nitrogens with one attached hydrogen (secondary N) is 1. The molecule has 0 spiro atoms. The molecule has 0 heterocycles. The van der Waals surface area contributed by atoms with E-state index in [0.29, 0.717) is 24.4 Å². The molecule has 0 saturated heterocycles. The standard InChI is InChI=1S/C27H39N3O5S/c1-7-21(3)28-27(32)22(4)29(19-23-15-13-20(2)14-16-23)26(31)12-9-17-30(36(6,33)34)24-10-8-11-25(18-24)35-5/h8,10-11,13-16,18,21-22H,7,9,12,17,19H2,1-6H3,(H,28,32)/t21-,22-/m0/s1. The number of benzene rings is 2. The van der Waals surface area contributed by atoms with E-state index in [2.05, 4.69) is 5.32 Å². The summed E-state index contributed by atoms with van der Waals surface area (Å²) in [5.74, 6) is 0.128. The van der Waals surface area contributed by atoms with Crippen LogP contribution in [0.15, 0.2) is 48.5 Å². The van der Waals surface area contributed by atoms with E-state index in [1.165, 1.54) is 11.4 Å². The summed E-state index contributed by atoms with van der Waals surface area (Å²) in [6.45, 7) is 8.05. The minimum absolute atomic E-state index is 0.00228. The van der Waals surface area contributed by atoms with Crippen LogP contribution in [-0.2, 0) is 26.2 Å². The molecule has 0 bridgehead atoms. The minimum atomic E-state index is -3.57. The van der Waals surface area contributed by atoms with Gasteiger partial charge in [-0.2, -0.15) is 0 Å². The molecule has 0 aliphatic rings. The van der Waals surface area contributed by atoms with Crippen LogP contribution in [0.3, 0.4) is 0 Å². The van der Waals surface area contributed by atoms with Crippen molar-refractivity contribution in [3.05, 3.63) is 59.7 Å². The Morgan fingerprint density at radius 2 is 1.75 bits per heavy atom. The number of hydrogen-bond acceptors (Lipinski definition) is 5. The molecule has 36 heavy (non-hydrogen) atoms. The average molecular weight is 518 g/mol. The fourth-order valence-corrected chi connectivity index (χ4v) is 4.67. The smallest absolute Gasteiger partial charge is 0.242 e. The third kappa shape index (κ3) is 8.55. The van der Waals surface area contributed by atoms with Crippen LogP contribution in [-0.4, -0.2) is 57.1 Å². The Bertz CT molecular complexity index is 1120. The van der Waals surface area contributed by atoms with Gasteiger partial charge in [-0.3, -0.25) is 13.9 Å². The number of amides is 2. The maximum absolute atomic E-state index is 13.3. The Hall–Kier alpha value is -3.07. The zero-order chi connectivity index (χ0) is 26.9. The van der Waals surface area contributed by atoms with Crippen molar-refractivity contribution in [2.45, 2.75) is 65.6 Å². The number of sulfonamides is 1. The van der Waals surface area contributed by atoms with Gasteiger partial charge in [-0.15, -0.1) is 0 Å². The maximum Gasteiger partial charge on any atom is 0.242 e. The molecule has 2 aromatic rings. The highest BCUT2D eigenvalue weighted by molar-refractivity contribution is 7.92. The zero-order valence-electron chi connectivity index (χ0n) is 22.2. The van der Waals surface area contributed by atoms with E-state index in [-0.39, 0.29) is 30.8 Å². The lowest BCUT2D eigenvalue weighted by Gasteiger charge is -2.30. The molecule has 2 atom stereocenters. The van der Waals surface area contributed by atoms with Gasteiger partial charge in [-0.25, -0.2) is 8.42 Å². The highest BCUT2D eigenvalue weighted by Gasteiger charge is 2.27. The molecular weight excluding hydrogens is 478 g/mol. The average Bonchev–Trinajstić information content (AvgIpc) is 2.84. The van der Waals surface area contributed by atoms with E-state index in [0.717, 1.165) is 23.8 Å². The number of carbonyl (C=O) groups is 2. The van der Waals surface area contributed by atoms with Gasteiger partial charge in [0.15, 0.2) is 0 Å². The largest absolute Gasteiger partial charge is 0.497 e. The molecule has 0 radical (unpaired) electrons. The van der Waals surface area contributed by atoms with Crippen LogP contribution in [0.25, 0.3) is 0 Å². The number of hydrogen-bond donors (Lipinski definition) is 1. The SMILES string of the molecule is CC[C@H](C)NC(=O)[C@H](C)N(Cc1ccc(C)cc1)C(=O)CCCN(c1cccc(OC)c1)S(C)(=O)=O. The molecule has 0 unspecified atom stereocenters. The molecule has 0 aliphatic carbocycles. The number of nitrogens with zero attached hydrogens (tertiary/aromatic N) is 2. The van der Waals surface area contributed by atoms with Crippen LogP contribution < -0.4 is 14.4 Å². The van der Waals surface area contributed by atoms with Gasteiger partial charge >= 0.3 is 0 Å². The zero-order valence-corrected chi connectivity index (χ0v) is 23.0. The second-order valence-electron chi connectivity index (χ2n) is 9.14. The van der Waals surface area contributed by atoms with Gasteiger partial charge in [-0.1, -0.05) is 42.8 Å². The van der Waals surface area contributed by atoms with E-state index in [4.69, 9.17) is 4.74 Å². The Kier molecular flexibility index (Phi) is 10.8. The van der Waals surface area contributed by atoms with Crippen molar-refractivity contribution < 1.29 is 22.7 Å². The minimum Gasteiger partial charge on any atom is -0.497 e. The van der Waals surface area contributed by atoms with Gasteiger partial charge in [0.05, 0.1) is 19.1 Å². The monoisotopic (exact) mass is 517 g/mol. The number of anilines is 1. The van der Waals surface area contributed by atoms with Crippen molar-refractivity contribution in [3.63, 3.8) is 0 Å². The van der Waals surface area contributed by atoms with E-state index in [1.807, 2.05) is 45.0 Å². The van der Waals surface area contributed by atoms with Crippen LogP contribution in [0.2, 0.25) is 0 Å². The topological polar surface area (TPSA) is 96.0 Å². The highest BCUT2D eigenvalue weighted by atomic mass is 32.2. The first kappa shape index (κ1) is 29.2. The fourth-order valence-electron chi connectivity index (χ4n) is 3.71. The molecule has 2 amide bonds. The third-order valence-corrected chi connectivity index (χ3v) is 7.33. The molecule has 9 heteroatoms. The van der Waals surface area contributed by atoms with E-state index in [9.17, 15) is 18.0 Å². The second kappa shape index (κ2) is 13.3. The van der Waals surface area contributed by atoms with Gasteiger partial charge in [0, 0.05) is 31.6 Å². The third-order valence-electron chi connectivity index (χ3n) is 6.14. The maximum atomic E-state index is 13.3. The number of carbonyl (C=O) groups excluding carboxylic acids is 2. The first-order chi connectivity index (χ1) is 17.0. The summed E-state index contributed by atoms with van der Waals surface area (Å²) >= 11 is 0. The number of ether oxygens (including phenoxy) is 1. The summed E-state index contributed by atoms with van der Waals surface area (Å²) in [4.78, 5) is 27.8. The lowest BCUT2D eigenvalue weighted by Crippen LogP contribution is -2.49. The van der Waals surface area contributed by atoms with Gasteiger partial charge < -0.3 is 15.0 Å². The number of aryl methyl sites for hydroxylation is 1. The Balaban J connectivity index is 2.17. The summed E-state index contributed by atoms with van der Waals surface area (Å²) in [7, 11) is -2.05. The normalized spacial score (nSPS) is 12.9.